The number of hydrogen-bond donors (Lipinski definition) is 1. The number of likely N-dealkylation sites (tertiary alicyclic amines) is 1. The molecule has 0 spiro atoms. The highest BCUT2D eigenvalue weighted by Crippen LogP contribution is 2.16. The number of nitrogens with one attached hydrogen (secondary N) is 1. The van der Waals surface area contributed by atoms with Gasteiger partial charge in [-0.15, -0.1) is 0 Å². The number of amides is 2. The number of carbonyl (C=O) groups excluding carboxylic acids is 1. The monoisotopic (exact) mass is 327 g/mol. The van der Waals surface area contributed by atoms with E-state index in [0.717, 1.165) is 24.8 Å². The molecule has 0 aromatic carbocycles. The van der Waals surface area contributed by atoms with Crippen molar-refractivity contribution in [2.75, 3.05) is 19.6 Å². The molecule has 24 heavy (non-hydrogen) atoms. The molecule has 0 unspecified atom stereocenters. The summed E-state index contributed by atoms with van der Waals surface area (Å²) in [4.78, 5) is 26.2. The van der Waals surface area contributed by atoms with Gasteiger partial charge >= 0.3 is 6.03 Å². The molecule has 0 aliphatic carbocycles. The van der Waals surface area contributed by atoms with Gasteiger partial charge < -0.3 is 15.0 Å². The lowest BCUT2D eigenvalue weighted by Gasteiger charge is -2.31. The lowest BCUT2D eigenvalue weighted by atomic mass is 10.1. The van der Waals surface area contributed by atoms with Crippen molar-refractivity contribution in [1.29, 1.82) is 0 Å². The maximum Gasteiger partial charge on any atom is 0.317 e. The summed E-state index contributed by atoms with van der Waals surface area (Å²) in [7, 11) is 0. The second-order valence-electron chi connectivity index (χ2n) is 5.69. The molecule has 0 saturated carbocycles. The molecule has 0 radical (unpaired) electrons. The first-order valence-electron chi connectivity index (χ1n) is 8.15. The Morgan fingerprint density at radius 3 is 2.75 bits per heavy atom. The van der Waals surface area contributed by atoms with Crippen molar-refractivity contribution < 1.29 is 9.53 Å². The molecule has 1 aliphatic heterocycles. The third kappa shape index (κ3) is 4.65. The van der Waals surface area contributed by atoms with Gasteiger partial charge in [0, 0.05) is 57.3 Å². The second kappa shape index (κ2) is 8.24. The molecule has 126 valence electrons. The summed E-state index contributed by atoms with van der Waals surface area (Å²) in [6.45, 7) is 1.98. The van der Waals surface area contributed by atoms with Crippen LogP contribution in [0.1, 0.15) is 18.4 Å². The maximum atomic E-state index is 12.2. The minimum atomic E-state index is -0.0168. The summed E-state index contributed by atoms with van der Waals surface area (Å²) in [6, 6.07) is 3.89. The van der Waals surface area contributed by atoms with Gasteiger partial charge in [-0.25, -0.2) is 9.78 Å². The molecule has 0 bridgehead atoms. The third-order valence-corrected chi connectivity index (χ3v) is 3.97. The number of piperidine rings is 1. The zero-order valence-electron chi connectivity index (χ0n) is 13.5. The zero-order chi connectivity index (χ0) is 16.6. The molecule has 2 amide bonds. The first kappa shape index (κ1) is 16.2. The fourth-order valence-electron chi connectivity index (χ4n) is 2.67. The average Bonchev–Trinajstić information content (AvgIpc) is 2.64. The van der Waals surface area contributed by atoms with Crippen molar-refractivity contribution in [2.24, 2.45) is 0 Å². The number of urea groups is 1. The Kier molecular flexibility index (Phi) is 5.55. The minimum Gasteiger partial charge on any atom is -0.473 e. The minimum absolute atomic E-state index is 0.0168. The van der Waals surface area contributed by atoms with Gasteiger partial charge in [0.15, 0.2) is 0 Å². The van der Waals surface area contributed by atoms with Crippen LogP contribution in [0, 0.1) is 0 Å². The van der Waals surface area contributed by atoms with Crippen LogP contribution in [0.2, 0.25) is 0 Å². The van der Waals surface area contributed by atoms with E-state index in [1.807, 2.05) is 23.2 Å². The third-order valence-electron chi connectivity index (χ3n) is 3.97. The predicted octanol–water partition coefficient (Wildman–Crippen LogP) is 1.67. The number of ether oxygens (including phenoxy) is 1. The highest BCUT2D eigenvalue weighted by atomic mass is 16.5. The van der Waals surface area contributed by atoms with Crippen LogP contribution in [0.15, 0.2) is 43.1 Å². The largest absolute Gasteiger partial charge is 0.473 e. The van der Waals surface area contributed by atoms with Crippen LogP contribution in [0.25, 0.3) is 0 Å². The summed E-state index contributed by atoms with van der Waals surface area (Å²) in [5, 5.41) is 2.96. The molecular weight excluding hydrogens is 306 g/mol. The predicted molar refractivity (Wildman–Crippen MR) is 88.6 cm³/mol. The zero-order valence-corrected chi connectivity index (χ0v) is 13.5. The van der Waals surface area contributed by atoms with Gasteiger partial charge in [-0.1, -0.05) is 6.07 Å². The lowest BCUT2D eigenvalue weighted by molar-refractivity contribution is 0.107. The number of hydrogen-bond acceptors (Lipinski definition) is 5. The van der Waals surface area contributed by atoms with Crippen molar-refractivity contribution >= 4 is 6.03 Å². The Morgan fingerprint density at radius 2 is 2.04 bits per heavy atom. The van der Waals surface area contributed by atoms with Gasteiger partial charge in [0.2, 0.25) is 5.88 Å². The number of carbonyl (C=O) groups is 1. The SMILES string of the molecule is O=C(NCCc1cccnc1)N1CCC(Oc2cnccn2)CC1. The van der Waals surface area contributed by atoms with E-state index in [9.17, 15) is 4.79 Å². The molecule has 7 heteroatoms. The smallest absolute Gasteiger partial charge is 0.317 e. The molecule has 1 saturated heterocycles. The van der Waals surface area contributed by atoms with Gasteiger partial charge in [0.1, 0.15) is 6.10 Å². The normalized spacial score (nSPS) is 15.1. The van der Waals surface area contributed by atoms with Crippen molar-refractivity contribution in [3.05, 3.63) is 48.7 Å². The van der Waals surface area contributed by atoms with Crippen molar-refractivity contribution in [2.45, 2.75) is 25.4 Å². The number of rotatable bonds is 5. The number of nitrogens with zero attached hydrogens (tertiary/aromatic N) is 4. The van der Waals surface area contributed by atoms with Crippen LogP contribution in [0.5, 0.6) is 5.88 Å². The number of pyridine rings is 1. The van der Waals surface area contributed by atoms with Crippen LogP contribution in [0.3, 0.4) is 0 Å². The van der Waals surface area contributed by atoms with Crippen molar-refractivity contribution in [1.82, 2.24) is 25.2 Å². The van der Waals surface area contributed by atoms with Gasteiger partial charge in [-0.2, -0.15) is 0 Å². The van der Waals surface area contributed by atoms with E-state index in [0.29, 0.717) is 25.5 Å². The van der Waals surface area contributed by atoms with Crippen LogP contribution in [-0.4, -0.2) is 51.6 Å². The Balaban J connectivity index is 1.37. The molecule has 1 fully saturated rings. The first-order valence-corrected chi connectivity index (χ1v) is 8.15. The molecule has 2 aromatic heterocycles. The molecule has 2 aromatic rings. The van der Waals surface area contributed by atoms with Crippen LogP contribution >= 0.6 is 0 Å². The summed E-state index contributed by atoms with van der Waals surface area (Å²) >= 11 is 0. The fourth-order valence-corrected chi connectivity index (χ4v) is 2.67. The highest BCUT2D eigenvalue weighted by molar-refractivity contribution is 5.74. The summed E-state index contributed by atoms with van der Waals surface area (Å²) in [5.74, 6) is 0.539. The molecular formula is C17H21N5O2. The van der Waals surface area contributed by atoms with E-state index < -0.39 is 0 Å². The van der Waals surface area contributed by atoms with Crippen molar-refractivity contribution in [3.63, 3.8) is 0 Å². The Labute approximate surface area is 141 Å². The Bertz CT molecular complexity index is 630. The molecule has 3 rings (SSSR count). The van der Waals surface area contributed by atoms with E-state index in [1.165, 1.54) is 0 Å². The molecule has 0 atom stereocenters. The lowest BCUT2D eigenvalue weighted by Crippen LogP contribution is -2.46. The first-order chi connectivity index (χ1) is 11.8. The summed E-state index contributed by atoms with van der Waals surface area (Å²) < 4.78 is 5.78. The summed E-state index contributed by atoms with van der Waals surface area (Å²) in [5.41, 5.74) is 1.12. The second-order valence-corrected chi connectivity index (χ2v) is 5.69. The van der Waals surface area contributed by atoms with Gasteiger partial charge in [0.05, 0.1) is 6.20 Å². The van der Waals surface area contributed by atoms with Crippen LogP contribution in [0.4, 0.5) is 4.79 Å². The summed E-state index contributed by atoms with van der Waals surface area (Å²) in [6.07, 6.45) is 10.9. The Morgan fingerprint density at radius 1 is 1.21 bits per heavy atom. The van der Waals surface area contributed by atoms with E-state index in [2.05, 4.69) is 20.3 Å². The van der Waals surface area contributed by atoms with Gasteiger partial charge in [-0.05, 0) is 18.1 Å². The number of aromatic nitrogens is 3. The Hall–Kier alpha value is -2.70. The highest BCUT2D eigenvalue weighted by Gasteiger charge is 2.23. The van der Waals surface area contributed by atoms with E-state index in [-0.39, 0.29) is 12.1 Å². The average molecular weight is 327 g/mol. The molecule has 1 N–H and O–H groups in total. The van der Waals surface area contributed by atoms with E-state index in [4.69, 9.17) is 4.74 Å². The molecule has 3 heterocycles. The van der Waals surface area contributed by atoms with E-state index in [1.54, 1.807) is 24.8 Å². The topological polar surface area (TPSA) is 80.2 Å². The van der Waals surface area contributed by atoms with Crippen molar-refractivity contribution in [3.8, 4) is 5.88 Å². The van der Waals surface area contributed by atoms with Crippen LogP contribution < -0.4 is 10.1 Å². The van der Waals surface area contributed by atoms with Gasteiger partial charge in [-0.3, -0.25) is 9.97 Å². The molecule has 1 aliphatic rings. The van der Waals surface area contributed by atoms with Crippen LogP contribution in [-0.2, 0) is 6.42 Å². The fraction of sp³-hybridized carbons (Fsp3) is 0.412. The quantitative estimate of drug-likeness (QED) is 0.903. The standard InChI is InChI=1S/C17H21N5O2/c23-17(21-7-3-14-2-1-6-18-12-14)22-10-4-15(5-11-22)24-16-13-19-8-9-20-16/h1-2,6,8-9,12-13,15H,3-5,7,10-11H2,(H,21,23). The van der Waals surface area contributed by atoms with E-state index >= 15 is 0 Å². The maximum absolute atomic E-state index is 12.2. The van der Waals surface area contributed by atoms with Gasteiger partial charge in [0.25, 0.3) is 0 Å². The molecule has 7 nitrogen and oxygen atoms in total.